The van der Waals surface area contributed by atoms with E-state index in [9.17, 15) is 4.79 Å². The van der Waals surface area contributed by atoms with E-state index < -0.39 is 0 Å². The highest BCUT2D eigenvalue weighted by atomic mass is 16.1. The molecule has 0 atom stereocenters. The quantitative estimate of drug-likeness (QED) is 0.667. The van der Waals surface area contributed by atoms with Crippen molar-refractivity contribution in [3.05, 3.63) is 18.2 Å². The molecule has 0 spiro atoms. The van der Waals surface area contributed by atoms with E-state index in [1.807, 2.05) is 13.8 Å². The van der Waals surface area contributed by atoms with Crippen LogP contribution in [0.1, 0.15) is 37.2 Å². The third kappa shape index (κ3) is 3.06. The summed E-state index contributed by atoms with van der Waals surface area (Å²) in [6.45, 7) is 4.52. The molecule has 1 amide bonds. The average molecular weight is 210 g/mol. The first kappa shape index (κ1) is 11.7. The van der Waals surface area contributed by atoms with Gasteiger partial charge in [0.05, 0.1) is 12.5 Å². The number of aromatic amines is 1. The fraction of sp³-hybridized carbons (Fsp3) is 0.600. The van der Waals surface area contributed by atoms with Crippen LogP contribution < -0.4 is 11.1 Å². The predicted molar refractivity (Wildman–Crippen MR) is 58.4 cm³/mol. The Labute approximate surface area is 89.5 Å². The molecule has 1 aromatic rings. The van der Waals surface area contributed by atoms with Crippen molar-refractivity contribution in [2.75, 3.05) is 6.54 Å². The third-order valence-electron chi connectivity index (χ3n) is 2.75. The molecule has 0 aliphatic carbocycles. The standard InChI is InChI=1S/C10H18N4O/c1-3-10(11,4-2)6-13-9(15)8-5-12-7-14-8/h5,7H,3-4,6,11H2,1-2H3,(H,12,14)(H,13,15). The van der Waals surface area contributed by atoms with E-state index in [0.717, 1.165) is 12.8 Å². The highest BCUT2D eigenvalue weighted by Crippen LogP contribution is 2.09. The summed E-state index contributed by atoms with van der Waals surface area (Å²) in [7, 11) is 0. The Balaban J connectivity index is 2.47. The largest absolute Gasteiger partial charge is 0.349 e. The van der Waals surface area contributed by atoms with Crippen molar-refractivity contribution in [2.24, 2.45) is 5.73 Å². The first-order chi connectivity index (χ1) is 7.11. The Morgan fingerprint density at radius 1 is 1.60 bits per heavy atom. The van der Waals surface area contributed by atoms with Crippen LogP contribution in [0, 0.1) is 0 Å². The van der Waals surface area contributed by atoms with E-state index in [-0.39, 0.29) is 11.4 Å². The summed E-state index contributed by atoms with van der Waals surface area (Å²) in [6, 6.07) is 0. The number of carbonyl (C=O) groups is 1. The number of H-pyrrole nitrogens is 1. The molecule has 0 bridgehead atoms. The second-order valence-corrected chi connectivity index (χ2v) is 3.72. The van der Waals surface area contributed by atoms with Crippen molar-refractivity contribution in [3.8, 4) is 0 Å². The minimum Gasteiger partial charge on any atom is -0.349 e. The predicted octanol–water partition coefficient (Wildman–Crippen LogP) is 0.657. The van der Waals surface area contributed by atoms with Gasteiger partial charge >= 0.3 is 0 Å². The van der Waals surface area contributed by atoms with Crippen LogP contribution in [0.4, 0.5) is 0 Å². The molecule has 1 aromatic heterocycles. The van der Waals surface area contributed by atoms with Gasteiger partial charge in [0.25, 0.3) is 5.91 Å². The third-order valence-corrected chi connectivity index (χ3v) is 2.75. The molecule has 84 valence electrons. The van der Waals surface area contributed by atoms with Gasteiger partial charge in [0.1, 0.15) is 5.69 Å². The Kier molecular flexibility index (Phi) is 3.85. The van der Waals surface area contributed by atoms with Gasteiger partial charge in [-0.15, -0.1) is 0 Å². The van der Waals surface area contributed by atoms with Crippen molar-refractivity contribution in [2.45, 2.75) is 32.2 Å². The number of nitrogens with one attached hydrogen (secondary N) is 2. The highest BCUT2D eigenvalue weighted by Gasteiger charge is 2.21. The average Bonchev–Trinajstić information content (AvgIpc) is 2.79. The minimum atomic E-state index is -0.310. The van der Waals surface area contributed by atoms with Crippen LogP contribution in [-0.2, 0) is 0 Å². The zero-order valence-corrected chi connectivity index (χ0v) is 9.21. The van der Waals surface area contributed by atoms with Crippen LogP contribution in [-0.4, -0.2) is 28.0 Å². The van der Waals surface area contributed by atoms with E-state index >= 15 is 0 Å². The van der Waals surface area contributed by atoms with Crippen molar-refractivity contribution >= 4 is 5.91 Å². The number of imidazole rings is 1. The van der Waals surface area contributed by atoms with E-state index in [2.05, 4.69) is 15.3 Å². The highest BCUT2D eigenvalue weighted by molar-refractivity contribution is 5.91. The Bertz CT molecular complexity index is 303. The van der Waals surface area contributed by atoms with Gasteiger partial charge in [-0.3, -0.25) is 4.79 Å². The van der Waals surface area contributed by atoms with E-state index in [4.69, 9.17) is 5.73 Å². The summed E-state index contributed by atoms with van der Waals surface area (Å²) < 4.78 is 0. The van der Waals surface area contributed by atoms with Gasteiger partial charge < -0.3 is 16.0 Å². The molecule has 1 heterocycles. The number of amides is 1. The van der Waals surface area contributed by atoms with Gasteiger partial charge in [-0.25, -0.2) is 4.98 Å². The fourth-order valence-electron chi connectivity index (χ4n) is 1.23. The molecular weight excluding hydrogens is 192 g/mol. The molecule has 0 aliphatic rings. The summed E-state index contributed by atoms with van der Waals surface area (Å²) in [4.78, 5) is 18.1. The number of carbonyl (C=O) groups excluding carboxylic acids is 1. The molecule has 0 fully saturated rings. The van der Waals surface area contributed by atoms with Crippen LogP contribution in [0.15, 0.2) is 12.5 Å². The van der Waals surface area contributed by atoms with Crippen molar-refractivity contribution in [1.82, 2.24) is 15.3 Å². The normalized spacial score (nSPS) is 11.4. The topological polar surface area (TPSA) is 83.8 Å². The lowest BCUT2D eigenvalue weighted by atomic mass is 9.94. The Morgan fingerprint density at radius 2 is 2.27 bits per heavy atom. The number of nitrogens with two attached hydrogens (primary N) is 1. The van der Waals surface area contributed by atoms with Crippen LogP contribution in [0.3, 0.4) is 0 Å². The molecule has 5 nitrogen and oxygen atoms in total. The van der Waals surface area contributed by atoms with Gasteiger partial charge in [-0.2, -0.15) is 0 Å². The number of rotatable bonds is 5. The number of aromatic nitrogens is 2. The molecule has 0 aliphatic heterocycles. The second kappa shape index (κ2) is 4.93. The number of nitrogens with zero attached hydrogens (tertiary/aromatic N) is 1. The van der Waals surface area contributed by atoms with Crippen LogP contribution in [0.2, 0.25) is 0 Å². The summed E-state index contributed by atoms with van der Waals surface area (Å²) in [5.41, 5.74) is 6.21. The lowest BCUT2D eigenvalue weighted by Gasteiger charge is -2.26. The molecule has 0 aromatic carbocycles. The maximum Gasteiger partial charge on any atom is 0.269 e. The molecule has 0 unspecified atom stereocenters. The molecule has 4 N–H and O–H groups in total. The fourth-order valence-corrected chi connectivity index (χ4v) is 1.23. The molecular formula is C10H18N4O. The Morgan fingerprint density at radius 3 is 2.73 bits per heavy atom. The second-order valence-electron chi connectivity index (χ2n) is 3.72. The maximum absolute atomic E-state index is 11.5. The first-order valence-electron chi connectivity index (χ1n) is 5.16. The van der Waals surface area contributed by atoms with Gasteiger partial charge in [0.2, 0.25) is 0 Å². The Hall–Kier alpha value is -1.36. The van der Waals surface area contributed by atoms with E-state index in [0.29, 0.717) is 12.2 Å². The summed E-state index contributed by atoms with van der Waals surface area (Å²) in [6.07, 6.45) is 4.65. The molecule has 15 heavy (non-hydrogen) atoms. The summed E-state index contributed by atoms with van der Waals surface area (Å²) >= 11 is 0. The maximum atomic E-state index is 11.5. The molecule has 5 heteroatoms. The van der Waals surface area contributed by atoms with Crippen LogP contribution >= 0.6 is 0 Å². The van der Waals surface area contributed by atoms with Gasteiger partial charge in [-0.1, -0.05) is 13.8 Å². The SMILES string of the molecule is CCC(N)(CC)CNC(=O)c1cnc[nH]1. The van der Waals surface area contributed by atoms with Gasteiger partial charge in [-0.05, 0) is 12.8 Å². The molecule has 0 saturated carbocycles. The van der Waals surface area contributed by atoms with Gasteiger partial charge in [0.15, 0.2) is 0 Å². The van der Waals surface area contributed by atoms with Crippen molar-refractivity contribution in [3.63, 3.8) is 0 Å². The summed E-state index contributed by atoms with van der Waals surface area (Å²) in [5.74, 6) is -0.163. The zero-order valence-electron chi connectivity index (χ0n) is 9.21. The van der Waals surface area contributed by atoms with E-state index in [1.165, 1.54) is 12.5 Å². The number of hydrogen-bond acceptors (Lipinski definition) is 3. The van der Waals surface area contributed by atoms with Crippen molar-refractivity contribution < 1.29 is 4.79 Å². The van der Waals surface area contributed by atoms with E-state index in [1.54, 1.807) is 0 Å². The molecule has 0 radical (unpaired) electrons. The first-order valence-corrected chi connectivity index (χ1v) is 5.16. The van der Waals surface area contributed by atoms with Gasteiger partial charge in [0, 0.05) is 12.1 Å². The minimum absolute atomic E-state index is 0.163. The van der Waals surface area contributed by atoms with Crippen LogP contribution in [0.25, 0.3) is 0 Å². The lowest BCUT2D eigenvalue weighted by Crippen LogP contribution is -2.49. The smallest absolute Gasteiger partial charge is 0.269 e. The van der Waals surface area contributed by atoms with Crippen LogP contribution in [0.5, 0.6) is 0 Å². The van der Waals surface area contributed by atoms with Crippen molar-refractivity contribution in [1.29, 1.82) is 0 Å². The lowest BCUT2D eigenvalue weighted by molar-refractivity contribution is 0.0937. The molecule has 1 rings (SSSR count). The number of hydrogen-bond donors (Lipinski definition) is 3. The summed E-state index contributed by atoms with van der Waals surface area (Å²) in [5, 5.41) is 2.79. The zero-order chi connectivity index (χ0) is 11.3. The molecule has 0 saturated heterocycles. The monoisotopic (exact) mass is 210 g/mol.